The molecule has 1 N–H and O–H groups in total. The van der Waals surface area contributed by atoms with E-state index in [4.69, 9.17) is 9.84 Å². The Labute approximate surface area is 102 Å². The van der Waals surface area contributed by atoms with Crippen molar-refractivity contribution in [3.63, 3.8) is 0 Å². The van der Waals surface area contributed by atoms with Crippen molar-refractivity contribution in [2.45, 2.75) is 31.7 Å². The molecule has 1 aliphatic heterocycles. The third kappa shape index (κ3) is 3.33. The molecule has 1 saturated carbocycles. The minimum Gasteiger partial charge on any atom is -0.447 e. The lowest BCUT2D eigenvalue weighted by atomic mass is 10.2. The van der Waals surface area contributed by atoms with Crippen molar-refractivity contribution in [3.05, 3.63) is 0 Å². The zero-order valence-electron chi connectivity index (χ0n) is 10.3. The predicted octanol–water partition coefficient (Wildman–Crippen LogP) is 0.675. The standard InChI is InChI=1S/C12H22N2O3/c15-9-10-17-12(16)14-7-5-13(6-8-14)11-3-1-2-4-11/h11,15H,1-10H2. The molecule has 2 rings (SSSR count). The Kier molecular flexibility index (Phi) is 4.62. The van der Waals surface area contributed by atoms with E-state index in [0.717, 1.165) is 32.2 Å². The van der Waals surface area contributed by atoms with Crippen molar-refractivity contribution in [1.29, 1.82) is 0 Å². The maximum atomic E-state index is 11.6. The van der Waals surface area contributed by atoms with Gasteiger partial charge < -0.3 is 14.7 Å². The first-order valence-electron chi connectivity index (χ1n) is 6.58. The second-order valence-corrected chi connectivity index (χ2v) is 4.80. The molecule has 98 valence electrons. The van der Waals surface area contributed by atoms with E-state index in [9.17, 15) is 4.79 Å². The van der Waals surface area contributed by atoms with E-state index in [1.807, 2.05) is 0 Å². The number of piperazine rings is 1. The van der Waals surface area contributed by atoms with Crippen molar-refractivity contribution < 1.29 is 14.6 Å². The molecule has 0 bridgehead atoms. The van der Waals surface area contributed by atoms with Crippen LogP contribution < -0.4 is 0 Å². The highest BCUT2D eigenvalue weighted by Gasteiger charge is 2.28. The van der Waals surface area contributed by atoms with E-state index in [0.29, 0.717) is 0 Å². The lowest BCUT2D eigenvalue weighted by Gasteiger charge is -2.37. The van der Waals surface area contributed by atoms with Crippen LogP contribution in [0.4, 0.5) is 4.79 Å². The Hall–Kier alpha value is -0.810. The Morgan fingerprint density at radius 1 is 1.18 bits per heavy atom. The fourth-order valence-electron chi connectivity index (χ4n) is 2.76. The normalized spacial score (nSPS) is 23.0. The van der Waals surface area contributed by atoms with Crippen LogP contribution >= 0.6 is 0 Å². The summed E-state index contributed by atoms with van der Waals surface area (Å²) in [6, 6.07) is 0.741. The first-order valence-corrected chi connectivity index (χ1v) is 6.58. The van der Waals surface area contributed by atoms with Gasteiger partial charge in [0.25, 0.3) is 0 Å². The van der Waals surface area contributed by atoms with Gasteiger partial charge in [-0.1, -0.05) is 12.8 Å². The van der Waals surface area contributed by atoms with Crippen molar-refractivity contribution in [3.8, 4) is 0 Å². The number of aliphatic hydroxyl groups excluding tert-OH is 1. The zero-order valence-corrected chi connectivity index (χ0v) is 10.3. The van der Waals surface area contributed by atoms with Crippen LogP contribution in [-0.2, 0) is 4.74 Å². The molecule has 0 aromatic heterocycles. The number of carbonyl (C=O) groups excluding carboxylic acids is 1. The molecular weight excluding hydrogens is 220 g/mol. The molecule has 1 amide bonds. The zero-order chi connectivity index (χ0) is 12.1. The maximum Gasteiger partial charge on any atom is 0.409 e. The quantitative estimate of drug-likeness (QED) is 0.790. The number of carbonyl (C=O) groups is 1. The Morgan fingerprint density at radius 3 is 2.41 bits per heavy atom. The highest BCUT2D eigenvalue weighted by molar-refractivity contribution is 5.67. The van der Waals surface area contributed by atoms with Gasteiger partial charge in [-0.2, -0.15) is 0 Å². The van der Waals surface area contributed by atoms with Crippen LogP contribution in [0.5, 0.6) is 0 Å². The first kappa shape index (κ1) is 12.6. The summed E-state index contributed by atoms with van der Waals surface area (Å²) in [5.74, 6) is 0. The molecule has 17 heavy (non-hydrogen) atoms. The third-order valence-electron chi connectivity index (χ3n) is 3.73. The van der Waals surface area contributed by atoms with Crippen LogP contribution in [0.1, 0.15) is 25.7 Å². The summed E-state index contributed by atoms with van der Waals surface area (Å²) in [6.45, 7) is 3.41. The molecule has 1 heterocycles. The van der Waals surface area contributed by atoms with Crippen LogP contribution in [0.3, 0.4) is 0 Å². The SMILES string of the molecule is O=C(OCCO)N1CCN(C2CCCC2)CC1. The third-order valence-corrected chi connectivity index (χ3v) is 3.73. The fourth-order valence-corrected chi connectivity index (χ4v) is 2.76. The minimum atomic E-state index is -0.287. The maximum absolute atomic E-state index is 11.6. The van der Waals surface area contributed by atoms with E-state index in [2.05, 4.69) is 4.90 Å². The summed E-state index contributed by atoms with van der Waals surface area (Å²) in [6.07, 6.45) is 5.04. The molecule has 1 aliphatic carbocycles. The van der Waals surface area contributed by atoms with E-state index in [-0.39, 0.29) is 19.3 Å². The van der Waals surface area contributed by atoms with Gasteiger partial charge in [0.2, 0.25) is 0 Å². The number of rotatable bonds is 3. The lowest BCUT2D eigenvalue weighted by Crippen LogP contribution is -2.51. The van der Waals surface area contributed by atoms with Crippen LogP contribution in [0.2, 0.25) is 0 Å². The smallest absolute Gasteiger partial charge is 0.409 e. The summed E-state index contributed by atoms with van der Waals surface area (Å²) in [7, 11) is 0. The van der Waals surface area contributed by atoms with Gasteiger partial charge >= 0.3 is 6.09 Å². The molecule has 5 nitrogen and oxygen atoms in total. The predicted molar refractivity (Wildman–Crippen MR) is 63.8 cm³/mol. The van der Waals surface area contributed by atoms with Crippen LogP contribution in [0.25, 0.3) is 0 Å². The first-order chi connectivity index (χ1) is 8.31. The number of ether oxygens (including phenoxy) is 1. The van der Waals surface area contributed by atoms with E-state index in [1.54, 1.807) is 4.90 Å². The van der Waals surface area contributed by atoms with Crippen LogP contribution in [-0.4, -0.2) is 66.4 Å². The van der Waals surface area contributed by atoms with Gasteiger partial charge in [-0.25, -0.2) is 4.79 Å². The van der Waals surface area contributed by atoms with Crippen LogP contribution in [0, 0.1) is 0 Å². The molecule has 0 aromatic rings. The van der Waals surface area contributed by atoms with Crippen molar-refractivity contribution in [1.82, 2.24) is 9.80 Å². The number of aliphatic hydroxyl groups is 1. The Bertz CT molecular complexity index is 246. The van der Waals surface area contributed by atoms with E-state index < -0.39 is 0 Å². The summed E-state index contributed by atoms with van der Waals surface area (Å²) >= 11 is 0. The summed E-state index contributed by atoms with van der Waals surface area (Å²) in [4.78, 5) is 15.8. The second kappa shape index (κ2) is 6.21. The molecule has 1 saturated heterocycles. The highest BCUT2D eigenvalue weighted by atomic mass is 16.6. The van der Waals surface area contributed by atoms with Gasteiger partial charge in [0.15, 0.2) is 0 Å². The summed E-state index contributed by atoms with van der Waals surface area (Å²) in [5, 5.41) is 8.60. The average molecular weight is 242 g/mol. The van der Waals surface area contributed by atoms with E-state index >= 15 is 0 Å². The Balaban J connectivity index is 1.71. The number of amides is 1. The molecule has 2 aliphatic rings. The average Bonchev–Trinajstić information content (AvgIpc) is 2.90. The van der Waals surface area contributed by atoms with Crippen molar-refractivity contribution in [2.75, 3.05) is 39.4 Å². The van der Waals surface area contributed by atoms with Gasteiger partial charge in [0, 0.05) is 32.2 Å². The van der Waals surface area contributed by atoms with E-state index in [1.165, 1.54) is 25.7 Å². The van der Waals surface area contributed by atoms with Gasteiger partial charge in [-0.05, 0) is 12.8 Å². The lowest BCUT2D eigenvalue weighted by molar-refractivity contribution is 0.0551. The molecule has 0 unspecified atom stereocenters. The molecule has 0 aromatic carbocycles. The Morgan fingerprint density at radius 2 is 1.82 bits per heavy atom. The second-order valence-electron chi connectivity index (χ2n) is 4.80. The summed E-state index contributed by atoms with van der Waals surface area (Å²) < 4.78 is 4.91. The van der Waals surface area contributed by atoms with Gasteiger partial charge in [-0.3, -0.25) is 4.90 Å². The van der Waals surface area contributed by atoms with Gasteiger partial charge in [-0.15, -0.1) is 0 Å². The highest BCUT2D eigenvalue weighted by Crippen LogP contribution is 2.24. The largest absolute Gasteiger partial charge is 0.447 e. The monoisotopic (exact) mass is 242 g/mol. The molecule has 0 radical (unpaired) electrons. The van der Waals surface area contributed by atoms with Crippen molar-refractivity contribution in [2.24, 2.45) is 0 Å². The minimum absolute atomic E-state index is 0.0989. The molecule has 5 heteroatoms. The van der Waals surface area contributed by atoms with Crippen molar-refractivity contribution >= 4 is 6.09 Å². The molecule has 2 fully saturated rings. The van der Waals surface area contributed by atoms with Gasteiger partial charge in [0.1, 0.15) is 6.61 Å². The fraction of sp³-hybridized carbons (Fsp3) is 0.917. The molecule has 0 spiro atoms. The topological polar surface area (TPSA) is 53.0 Å². The van der Waals surface area contributed by atoms with Gasteiger partial charge in [0.05, 0.1) is 6.61 Å². The summed E-state index contributed by atoms with van der Waals surface area (Å²) in [5.41, 5.74) is 0. The van der Waals surface area contributed by atoms with Crippen LogP contribution in [0.15, 0.2) is 0 Å². The number of nitrogens with zero attached hydrogens (tertiary/aromatic N) is 2. The number of hydrogen-bond acceptors (Lipinski definition) is 4. The molecular formula is C12H22N2O3. The molecule has 0 atom stereocenters. The number of hydrogen-bond donors (Lipinski definition) is 1.